The van der Waals surface area contributed by atoms with Crippen LogP contribution in [0.2, 0.25) is 0 Å². The van der Waals surface area contributed by atoms with E-state index in [0.717, 1.165) is 12.8 Å². The van der Waals surface area contributed by atoms with E-state index >= 15 is 0 Å². The molecule has 10 heavy (non-hydrogen) atoms. The summed E-state index contributed by atoms with van der Waals surface area (Å²) in [6.07, 6.45) is 1.96. The Hall–Kier alpha value is 0.0000000000000000555. The van der Waals surface area contributed by atoms with Gasteiger partial charge in [0, 0.05) is 4.97 Å². The van der Waals surface area contributed by atoms with Crippen LogP contribution < -0.4 is 29.6 Å². The van der Waals surface area contributed by atoms with E-state index in [1.807, 2.05) is 0 Å². The maximum absolute atomic E-state index is 10.4. The Balaban J connectivity index is 0.000000810. The zero-order valence-corrected chi connectivity index (χ0v) is 7.99. The van der Waals surface area contributed by atoms with E-state index in [9.17, 15) is 10.4 Å². The fourth-order valence-electron chi connectivity index (χ4n) is 0.923. The topological polar surface area (TPSA) is 64.7 Å². The third kappa shape index (κ3) is 2.32. The molecule has 6 heteroatoms. The van der Waals surface area contributed by atoms with Gasteiger partial charge in [-0.05, 0) is 18.1 Å². The van der Waals surface area contributed by atoms with E-state index in [1.54, 1.807) is 0 Å². The van der Waals surface area contributed by atoms with Gasteiger partial charge in [0.2, 0.25) is 0 Å². The quantitative estimate of drug-likeness (QED) is 0.180. The molecule has 0 aromatic carbocycles. The predicted octanol–water partition coefficient (Wildman–Crippen LogP) is -2.54. The maximum Gasteiger partial charge on any atom is 1.00 e. The van der Waals surface area contributed by atoms with E-state index in [-0.39, 0.29) is 34.5 Å². The summed E-state index contributed by atoms with van der Waals surface area (Å²) in [7, 11) is 0. The van der Waals surface area contributed by atoms with Crippen molar-refractivity contribution in [1.29, 1.82) is 0 Å². The molecule has 0 atom stereocenters. The standard InChI is InChI=1S/C4H9N3O2.Na/c8-5-7(9)6-3-1-2-4-6;/h8H,1-4H2;/q;+1/p-1/b7-5-;. The van der Waals surface area contributed by atoms with Gasteiger partial charge < -0.3 is 10.4 Å². The Morgan fingerprint density at radius 3 is 2.20 bits per heavy atom. The molecule has 0 N–H and O–H groups in total. The van der Waals surface area contributed by atoms with Crippen molar-refractivity contribution >= 4 is 0 Å². The van der Waals surface area contributed by atoms with E-state index < -0.39 is 0 Å². The van der Waals surface area contributed by atoms with Crippen LogP contribution in [0.1, 0.15) is 12.8 Å². The van der Waals surface area contributed by atoms with Gasteiger partial charge in [0.05, 0.1) is 13.1 Å². The van der Waals surface area contributed by atoms with Gasteiger partial charge in [0.1, 0.15) is 0 Å². The van der Waals surface area contributed by atoms with E-state index in [4.69, 9.17) is 0 Å². The normalized spacial score (nSPS) is 18.8. The number of hydrogen-bond donors (Lipinski definition) is 0. The molecule has 0 aromatic rings. The van der Waals surface area contributed by atoms with Crippen LogP contribution >= 0.6 is 0 Å². The fraction of sp³-hybridized carbons (Fsp3) is 1.00. The van der Waals surface area contributed by atoms with E-state index in [2.05, 4.69) is 5.28 Å². The van der Waals surface area contributed by atoms with Crippen LogP contribution in [0.5, 0.6) is 0 Å². The number of hydrogen-bond acceptors (Lipinski definition) is 3. The molecule has 1 rings (SSSR count). The summed E-state index contributed by atoms with van der Waals surface area (Å²) in [5.41, 5.74) is 0. The molecule has 5 nitrogen and oxygen atoms in total. The molecule has 0 spiro atoms. The molecule has 52 valence electrons. The second kappa shape index (κ2) is 4.76. The Morgan fingerprint density at radius 1 is 1.30 bits per heavy atom. The minimum Gasteiger partial charge on any atom is -0.737 e. The van der Waals surface area contributed by atoms with Crippen molar-refractivity contribution in [2.45, 2.75) is 12.8 Å². The van der Waals surface area contributed by atoms with Gasteiger partial charge in [-0.3, -0.25) is 0 Å². The average molecular weight is 153 g/mol. The van der Waals surface area contributed by atoms with Crippen LogP contribution in [0.15, 0.2) is 5.28 Å². The number of rotatable bonds is 1. The molecular weight excluding hydrogens is 145 g/mol. The van der Waals surface area contributed by atoms with Crippen LogP contribution in [0, 0.1) is 10.4 Å². The van der Waals surface area contributed by atoms with E-state index in [0.29, 0.717) is 13.1 Å². The van der Waals surface area contributed by atoms with Gasteiger partial charge in [-0.2, -0.15) is 0 Å². The Labute approximate surface area is 81.1 Å². The van der Waals surface area contributed by atoms with Crippen molar-refractivity contribution in [3.8, 4) is 0 Å². The molecule has 1 heterocycles. The van der Waals surface area contributed by atoms with Crippen LogP contribution in [-0.2, 0) is 0 Å². The molecule has 1 aliphatic rings. The molecular formula is C4H8N3NaO2. The molecule has 0 aliphatic carbocycles. The molecule has 1 aliphatic heterocycles. The largest absolute Gasteiger partial charge is 1.00 e. The van der Waals surface area contributed by atoms with Crippen molar-refractivity contribution in [2.75, 3.05) is 13.1 Å². The van der Waals surface area contributed by atoms with E-state index in [1.165, 1.54) is 5.01 Å². The maximum atomic E-state index is 10.4. The first kappa shape index (κ1) is 10.0. The molecule has 1 fully saturated rings. The first-order valence-electron chi connectivity index (χ1n) is 2.90. The summed E-state index contributed by atoms with van der Waals surface area (Å²) < 4.78 is 0. The zero-order chi connectivity index (χ0) is 6.69. The van der Waals surface area contributed by atoms with Gasteiger partial charge >= 0.3 is 29.6 Å². The zero-order valence-electron chi connectivity index (χ0n) is 5.99. The summed E-state index contributed by atoms with van der Waals surface area (Å²) in [4.78, 5) is 0.118. The van der Waals surface area contributed by atoms with Gasteiger partial charge in [0.25, 0.3) is 0 Å². The van der Waals surface area contributed by atoms with Gasteiger partial charge in [0.15, 0.2) is 0 Å². The summed E-state index contributed by atoms with van der Waals surface area (Å²) in [6.45, 7) is 1.32. The minimum atomic E-state index is 0. The first-order chi connectivity index (χ1) is 4.34. The second-order valence-corrected chi connectivity index (χ2v) is 2.00. The number of hydrazine groups is 1. The third-order valence-corrected chi connectivity index (χ3v) is 1.39. The minimum absolute atomic E-state index is 0. The molecule has 0 bridgehead atoms. The Morgan fingerprint density at radius 2 is 1.80 bits per heavy atom. The fourth-order valence-corrected chi connectivity index (χ4v) is 0.923. The smallest absolute Gasteiger partial charge is 0.737 e. The van der Waals surface area contributed by atoms with Crippen molar-refractivity contribution in [3.63, 3.8) is 0 Å². The van der Waals surface area contributed by atoms with Gasteiger partial charge in [-0.25, -0.2) is 0 Å². The Kier molecular flexibility index (Phi) is 4.76. The SMILES string of the molecule is [Na+].[O-]/N=[N+](\[O-])N1CCCC1. The van der Waals surface area contributed by atoms with Crippen LogP contribution in [0.25, 0.3) is 0 Å². The molecule has 0 amide bonds. The van der Waals surface area contributed by atoms with Crippen LogP contribution in [-0.4, -0.2) is 23.1 Å². The predicted molar refractivity (Wildman–Crippen MR) is 30.2 cm³/mol. The summed E-state index contributed by atoms with van der Waals surface area (Å²) in [6, 6.07) is 0. The Bertz CT molecular complexity index is 124. The molecule has 0 saturated carbocycles. The number of nitrogens with zero attached hydrogens (tertiary/aromatic N) is 3. The van der Waals surface area contributed by atoms with Gasteiger partial charge in [-0.1, -0.05) is 0 Å². The summed E-state index contributed by atoms with van der Waals surface area (Å²) >= 11 is 0. The molecule has 0 aromatic heterocycles. The summed E-state index contributed by atoms with van der Waals surface area (Å²) in [5, 5.41) is 23.6. The van der Waals surface area contributed by atoms with Crippen molar-refractivity contribution in [2.24, 2.45) is 5.28 Å². The van der Waals surface area contributed by atoms with Crippen LogP contribution in [0.3, 0.4) is 0 Å². The van der Waals surface area contributed by atoms with Crippen molar-refractivity contribution < 1.29 is 34.5 Å². The van der Waals surface area contributed by atoms with Gasteiger partial charge in [-0.15, -0.1) is 5.01 Å². The molecule has 1 saturated heterocycles. The summed E-state index contributed by atoms with van der Waals surface area (Å²) in [5.74, 6) is 0. The first-order valence-corrected chi connectivity index (χ1v) is 2.90. The average Bonchev–Trinajstić information content (AvgIpc) is 2.37. The molecule has 0 unspecified atom stereocenters. The van der Waals surface area contributed by atoms with Crippen molar-refractivity contribution in [1.82, 2.24) is 5.01 Å². The monoisotopic (exact) mass is 153 g/mol. The van der Waals surface area contributed by atoms with Crippen molar-refractivity contribution in [3.05, 3.63) is 10.4 Å². The third-order valence-electron chi connectivity index (χ3n) is 1.39. The van der Waals surface area contributed by atoms with Crippen LogP contribution in [0.4, 0.5) is 0 Å². The second-order valence-electron chi connectivity index (χ2n) is 2.00. The molecule has 0 radical (unpaired) electrons.